The van der Waals surface area contributed by atoms with Crippen LogP contribution in [-0.4, -0.2) is 49.8 Å². The number of hydrogen-bond acceptors (Lipinski definition) is 3. The second kappa shape index (κ2) is 8.57. The molecule has 0 radical (unpaired) electrons. The van der Waals surface area contributed by atoms with Crippen LogP contribution in [0.25, 0.3) is 0 Å². The molecule has 2 unspecified atom stereocenters. The molecule has 2 fully saturated rings. The number of halogens is 2. The zero-order valence-corrected chi connectivity index (χ0v) is 17.3. The summed E-state index contributed by atoms with van der Waals surface area (Å²) in [5, 5.41) is 0.553. The monoisotopic (exact) mass is 406 g/mol. The molecule has 2 atom stereocenters. The SMILES string of the molecule is CC1CCN(C2CCC(N(C)S(=O)(=O)c3ccc(Cl)cc3)C2)CC1.Cl. The predicted molar refractivity (Wildman–Crippen MR) is 105 cm³/mol. The van der Waals surface area contributed by atoms with Gasteiger partial charge in [-0.1, -0.05) is 18.5 Å². The summed E-state index contributed by atoms with van der Waals surface area (Å²) in [6, 6.07) is 7.07. The van der Waals surface area contributed by atoms with E-state index < -0.39 is 10.0 Å². The minimum absolute atomic E-state index is 0. The number of sulfonamides is 1. The quantitative estimate of drug-likeness (QED) is 0.757. The highest BCUT2D eigenvalue weighted by Gasteiger charge is 2.36. The number of benzene rings is 1. The smallest absolute Gasteiger partial charge is 0.243 e. The van der Waals surface area contributed by atoms with Crippen molar-refractivity contribution >= 4 is 34.0 Å². The Morgan fingerprint density at radius 1 is 1.08 bits per heavy atom. The van der Waals surface area contributed by atoms with E-state index in [0.29, 0.717) is 16.0 Å². The van der Waals surface area contributed by atoms with Gasteiger partial charge < -0.3 is 4.90 Å². The third-order valence-electron chi connectivity index (χ3n) is 5.72. The van der Waals surface area contributed by atoms with E-state index in [-0.39, 0.29) is 18.4 Å². The highest BCUT2D eigenvalue weighted by Crippen LogP contribution is 2.32. The van der Waals surface area contributed by atoms with Crippen LogP contribution in [0.15, 0.2) is 29.2 Å². The van der Waals surface area contributed by atoms with Crippen molar-refractivity contribution in [1.29, 1.82) is 0 Å². The molecular weight excluding hydrogens is 379 g/mol. The van der Waals surface area contributed by atoms with Gasteiger partial charge >= 0.3 is 0 Å². The van der Waals surface area contributed by atoms with Gasteiger partial charge in [-0.3, -0.25) is 0 Å². The molecule has 1 saturated heterocycles. The maximum atomic E-state index is 12.8. The minimum Gasteiger partial charge on any atom is -0.300 e. The first-order valence-electron chi connectivity index (χ1n) is 8.85. The van der Waals surface area contributed by atoms with Crippen LogP contribution in [0.4, 0.5) is 0 Å². The third kappa shape index (κ3) is 4.69. The average molecular weight is 407 g/mol. The molecule has 2 aliphatic rings. The Morgan fingerprint density at radius 3 is 2.28 bits per heavy atom. The summed E-state index contributed by atoms with van der Waals surface area (Å²) in [4.78, 5) is 2.90. The summed E-state index contributed by atoms with van der Waals surface area (Å²) in [5.74, 6) is 0.825. The number of likely N-dealkylation sites (tertiary alicyclic amines) is 1. The molecule has 25 heavy (non-hydrogen) atoms. The number of piperidine rings is 1. The summed E-state index contributed by atoms with van der Waals surface area (Å²) in [7, 11) is -1.73. The lowest BCUT2D eigenvalue weighted by Crippen LogP contribution is -2.41. The van der Waals surface area contributed by atoms with E-state index >= 15 is 0 Å². The fraction of sp³-hybridized carbons (Fsp3) is 0.667. The summed E-state index contributed by atoms with van der Waals surface area (Å²) in [5.41, 5.74) is 0. The van der Waals surface area contributed by atoms with E-state index in [4.69, 9.17) is 11.6 Å². The molecule has 0 spiro atoms. The lowest BCUT2D eigenvalue weighted by molar-refractivity contribution is 0.136. The van der Waals surface area contributed by atoms with Gasteiger partial charge in [0.15, 0.2) is 0 Å². The van der Waals surface area contributed by atoms with E-state index in [9.17, 15) is 8.42 Å². The normalized spacial score (nSPS) is 25.9. The molecule has 1 aliphatic heterocycles. The van der Waals surface area contributed by atoms with E-state index in [0.717, 1.165) is 38.3 Å². The molecule has 142 valence electrons. The largest absolute Gasteiger partial charge is 0.300 e. The van der Waals surface area contributed by atoms with Crippen molar-refractivity contribution in [3.05, 3.63) is 29.3 Å². The van der Waals surface area contributed by atoms with Gasteiger partial charge in [0, 0.05) is 24.2 Å². The molecule has 1 aliphatic carbocycles. The Kier molecular flexibility index (Phi) is 7.19. The summed E-state index contributed by atoms with van der Waals surface area (Å²) in [6.45, 7) is 4.64. The molecule has 0 amide bonds. The van der Waals surface area contributed by atoms with Gasteiger partial charge in [0.25, 0.3) is 0 Å². The van der Waals surface area contributed by atoms with Gasteiger partial charge in [0.05, 0.1) is 4.90 Å². The maximum Gasteiger partial charge on any atom is 0.243 e. The zero-order valence-electron chi connectivity index (χ0n) is 14.9. The van der Waals surface area contributed by atoms with Crippen LogP contribution in [-0.2, 0) is 10.0 Å². The first kappa shape index (κ1) is 21.0. The van der Waals surface area contributed by atoms with Crippen LogP contribution < -0.4 is 0 Å². The molecule has 1 aromatic rings. The van der Waals surface area contributed by atoms with Gasteiger partial charge in [-0.25, -0.2) is 8.42 Å². The molecule has 4 nitrogen and oxygen atoms in total. The number of nitrogens with zero attached hydrogens (tertiary/aromatic N) is 2. The third-order valence-corrected chi connectivity index (χ3v) is 7.89. The molecule has 3 rings (SSSR count). The highest BCUT2D eigenvalue weighted by molar-refractivity contribution is 7.89. The summed E-state index contributed by atoms with van der Waals surface area (Å²) < 4.78 is 27.2. The van der Waals surface area contributed by atoms with Gasteiger partial charge in [-0.15, -0.1) is 12.4 Å². The van der Waals surface area contributed by atoms with Crippen molar-refractivity contribution < 1.29 is 8.42 Å². The summed E-state index contributed by atoms with van der Waals surface area (Å²) in [6.07, 6.45) is 5.51. The molecule has 1 heterocycles. The fourth-order valence-corrected chi connectivity index (χ4v) is 5.48. The van der Waals surface area contributed by atoms with Crippen molar-refractivity contribution in [2.45, 2.75) is 56.0 Å². The Morgan fingerprint density at radius 2 is 1.68 bits per heavy atom. The molecule has 0 aromatic heterocycles. The standard InChI is InChI=1S/C18H27ClN2O2S.ClH/c1-14-9-11-21(12-10-14)17-6-5-16(13-17)20(2)24(22,23)18-7-3-15(19)4-8-18;/h3-4,7-8,14,16-17H,5-6,9-13H2,1-2H3;1H. The van der Waals surface area contributed by atoms with Crippen LogP contribution in [0, 0.1) is 5.92 Å². The van der Waals surface area contributed by atoms with Crippen LogP contribution in [0.2, 0.25) is 5.02 Å². The van der Waals surface area contributed by atoms with Crippen molar-refractivity contribution in [3.63, 3.8) is 0 Å². The van der Waals surface area contributed by atoms with Crippen molar-refractivity contribution in [1.82, 2.24) is 9.21 Å². The fourth-order valence-electron chi connectivity index (χ4n) is 3.96. The average Bonchev–Trinajstić information content (AvgIpc) is 3.05. The van der Waals surface area contributed by atoms with Crippen LogP contribution in [0.3, 0.4) is 0 Å². The van der Waals surface area contributed by atoms with Crippen LogP contribution >= 0.6 is 24.0 Å². The minimum atomic E-state index is -3.45. The first-order chi connectivity index (χ1) is 11.4. The lowest BCUT2D eigenvalue weighted by Gasteiger charge is -2.35. The Balaban J connectivity index is 0.00000225. The highest BCUT2D eigenvalue weighted by atomic mass is 35.5. The van der Waals surface area contributed by atoms with Crippen molar-refractivity contribution in [2.75, 3.05) is 20.1 Å². The van der Waals surface area contributed by atoms with Gasteiger partial charge in [0.2, 0.25) is 10.0 Å². The zero-order chi connectivity index (χ0) is 17.3. The van der Waals surface area contributed by atoms with Crippen LogP contribution in [0.5, 0.6) is 0 Å². The Labute approximate surface area is 163 Å². The van der Waals surface area contributed by atoms with Gasteiger partial charge in [-0.2, -0.15) is 4.31 Å². The number of hydrogen-bond donors (Lipinski definition) is 0. The molecule has 7 heteroatoms. The predicted octanol–water partition coefficient (Wildman–Crippen LogP) is 4.04. The Hall–Kier alpha value is -0.330. The molecule has 1 saturated carbocycles. The Bertz CT molecular complexity index is 658. The molecule has 0 bridgehead atoms. The number of rotatable bonds is 4. The van der Waals surface area contributed by atoms with E-state index in [1.807, 2.05) is 0 Å². The van der Waals surface area contributed by atoms with E-state index in [1.165, 1.54) is 12.8 Å². The molecular formula is C18H28Cl2N2O2S. The first-order valence-corrected chi connectivity index (χ1v) is 10.7. The lowest BCUT2D eigenvalue weighted by atomic mass is 9.97. The topological polar surface area (TPSA) is 40.6 Å². The summed E-state index contributed by atoms with van der Waals surface area (Å²) >= 11 is 5.87. The second-order valence-electron chi connectivity index (χ2n) is 7.31. The van der Waals surface area contributed by atoms with Gasteiger partial charge in [0.1, 0.15) is 0 Å². The maximum absolute atomic E-state index is 12.8. The molecule has 1 aromatic carbocycles. The van der Waals surface area contributed by atoms with E-state index in [2.05, 4.69) is 11.8 Å². The van der Waals surface area contributed by atoms with Crippen molar-refractivity contribution in [3.8, 4) is 0 Å². The van der Waals surface area contributed by atoms with Gasteiger partial charge in [-0.05, 0) is 75.4 Å². The van der Waals surface area contributed by atoms with Crippen LogP contribution in [0.1, 0.15) is 39.0 Å². The second-order valence-corrected chi connectivity index (χ2v) is 9.75. The van der Waals surface area contributed by atoms with Crippen molar-refractivity contribution in [2.24, 2.45) is 5.92 Å². The van der Waals surface area contributed by atoms with E-state index in [1.54, 1.807) is 35.6 Å². The molecule has 0 N–H and O–H groups in total.